The lowest BCUT2D eigenvalue weighted by molar-refractivity contribution is 0.0549. The van der Waals surface area contributed by atoms with Crippen molar-refractivity contribution in [3.63, 3.8) is 0 Å². The van der Waals surface area contributed by atoms with Crippen LogP contribution in [0.3, 0.4) is 0 Å². The molecule has 1 aromatic heterocycles. The van der Waals surface area contributed by atoms with E-state index in [0.717, 1.165) is 12.1 Å². The molecule has 0 amide bonds. The average Bonchev–Trinajstić information content (AvgIpc) is 2.98. The topological polar surface area (TPSA) is 57.0 Å². The second-order valence-corrected chi connectivity index (χ2v) is 3.89. The van der Waals surface area contributed by atoms with Crippen LogP contribution in [0.15, 0.2) is 49.1 Å². The normalized spacial score (nSPS) is 10.8. The fourth-order valence-corrected chi connectivity index (χ4v) is 1.55. The predicted octanol–water partition coefficient (Wildman–Crippen LogP) is 2.39. The van der Waals surface area contributed by atoms with Gasteiger partial charge in [0, 0.05) is 5.69 Å². The lowest BCUT2D eigenvalue weighted by atomic mass is 10.2. The van der Waals surface area contributed by atoms with Crippen LogP contribution in [0.4, 0.5) is 0 Å². The van der Waals surface area contributed by atoms with Crippen molar-refractivity contribution in [2.45, 2.75) is 13.3 Å². The van der Waals surface area contributed by atoms with E-state index in [-0.39, 0.29) is 5.97 Å². The fourth-order valence-electron chi connectivity index (χ4n) is 1.55. The maximum atomic E-state index is 11.7. The first kappa shape index (κ1) is 13.0. The van der Waals surface area contributed by atoms with Crippen LogP contribution in [-0.2, 0) is 4.74 Å². The summed E-state index contributed by atoms with van der Waals surface area (Å²) >= 11 is 0. The first-order chi connectivity index (χ1) is 9.31. The zero-order chi connectivity index (χ0) is 13.5. The Labute approximate surface area is 111 Å². The highest BCUT2D eigenvalue weighted by atomic mass is 16.5. The van der Waals surface area contributed by atoms with Crippen molar-refractivity contribution in [2.75, 3.05) is 6.61 Å². The van der Waals surface area contributed by atoms with E-state index in [9.17, 15) is 4.79 Å². The highest BCUT2D eigenvalue weighted by Crippen LogP contribution is 2.09. The number of nitrogens with zero attached hydrogens (tertiary/aromatic N) is 3. The maximum Gasteiger partial charge on any atom is 0.338 e. The summed E-state index contributed by atoms with van der Waals surface area (Å²) in [6, 6.07) is 7.09. The van der Waals surface area contributed by atoms with Crippen molar-refractivity contribution in [3.8, 4) is 5.69 Å². The maximum absolute atomic E-state index is 11.7. The molecular formula is C14H15N3O2. The number of carbonyl (C=O) groups is 1. The summed E-state index contributed by atoms with van der Waals surface area (Å²) < 4.78 is 6.87. The number of rotatable bonds is 5. The summed E-state index contributed by atoms with van der Waals surface area (Å²) in [4.78, 5) is 11.7. The van der Waals surface area contributed by atoms with Gasteiger partial charge in [0.25, 0.3) is 0 Å². The molecule has 0 aliphatic carbocycles. The first-order valence-electron chi connectivity index (χ1n) is 6.08. The van der Waals surface area contributed by atoms with Crippen molar-refractivity contribution in [1.82, 2.24) is 14.8 Å². The molecule has 2 rings (SSSR count). The monoisotopic (exact) mass is 257 g/mol. The number of hydrogen-bond acceptors (Lipinski definition) is 4. The second kappa shape index (κ2) is 6.49. The van der Waals surface area contributed by atoms with Gasteiger partial charge >= 0.3 is 5.97 Å². The summed E-state index contributed by atoms with van der Waals surface area (Å²) in [5.74, 6) is -0.323. The molecule has 1 aromatic carbocycles. The molecule has 19 heavy (non-hydrogen) atoms. The van der Waals surface area contributed by atoms with Gasteiger partial charge in [-0.25, -0.2) is 4.79 Å². The van der Waals surface area contributed by atoms with E-state index in [1.165, 1.54) is 0 Å². The van der Waals surface area contributed by atoms with E-state index < -0.39 is 0 Å². The van der Waals surface area contributed by atoms with Crippen molar-refractivity contribution in [3.05, 3.63) is 54.6 Å². The molecule has 0 spiro atoms. The third-order valence-electron chi connectivity index (χ3n) is 2.53. The van der Waals surface area contributed by atoms with Crippen molar-refractivity contribution in [2.24, 2.45) is 0 Å². The molecule has 1 heterocycles. The van der Waals surface area contributed by atoms with E-state index in [4.69, 9.17) is 4.74 Å². The van der Waals surface area contributed by atoms with Crippen LogP contribution in [0, 0.1) is 0 Å². The summed E-state index contributed by atoms with van der Waals surface area (Å²) in [6.45, 7) is 2.34. The fraction of sp³-hybridized carbons (Fsp3) is 0.214. The molecule has 0 N–H and O–H groups in total. The molecule has 0 unspecified atom stereocenters. The smallest absolute Gasteiger partial charge is 0.338 e. The van der Waals surface area contributed by atoms with Crippen LogP contribution in [-0.4, -0.2) is 27.3 Å². The number of hydrogen-bond donors (Lipinski definition) is 0. The Morgan fingerprint density at radius 3 is 2.53 bits per heavy atom. The van der Waals surface area contributed by atoms with Crippen molar-refractivity contribution < 1.29 is 9.53 Å². The van der Waals surface area contributed by atoms with Crippen LogP contribution in [0.5, 0.6) is 0 Å². The zero-order valence-electron chi connectivity index (χ0n) is 10.7. The minimum atomic E-state index is -0.323. The van der Waals surface area contributed by atoms with Gasteiger partial charge in [0.2, 0.25) is 0 Å². The van der Waals surface area contributed by atoms with Gasteiger partial charge in [0.15, 0.2) is 0 Å². The largest absolute Gasteiger partial charge is 0.458 e. The molecule has 5 heteroatoms. The molecule has 0 bridgehead atoms. The van der Waals surface area contributed by atoms with E-state index in [1.807, 2.05) is 31.2 Å². The van der Waals surface area contributed by atoms with Crippen molar-refractivity contribution in [1.29, 1.82) is 0 Å². The molecule has 2 aromatic rings. The summed E-state index contributed by atoms with van der Waals surface area (Å²) in [5.41, 5.74) is 1.43. The molecule has 0 saturated heterocycles. The minimum absolute atomic E-state index is 0.305. The summed E-state index contributed by atoms with van der Waals surface area (Å²) in [5, 5.41) is 7.46. The molecule has 0 atom stereocenters. The first-order valence-corrected chi connectivity index (χ1v) is 6.08. The SMILES string of the molecule is CC/C=C/COC(=O)c1ccc(-n2cnnc2)cc1. The van der Waals surface area contributed by atoms with Crippen molar-refractivity contribution >= 4 is 5.97 Å². The quantitative estimate of drug-likeness (QED) is 0.609. The lowest BCUT2D eigenvalue weighted by Crippen LogP contribution is -2.05. The minimum Gasteiger partial charge on any atom is -0.458 e. The summed E-state index contributed by atoms with van der Waals surface area (Å²) in [6.07, 6.45) is 7.93. The van der Waals surface area contributed by atoms with Gasteiger partial charge in [0.1, 0.15) is 19.3 Å². The second-order valence-electron chi connectivity index (χ2n) is 3.89. The van der Waals surface area contributed by atoms with E-state index in [1.54, 1.807) is 29.4 Å². The number of esters is 1. The number of carbonyl (C=O) groups excluding carboxylic acids is 1. The van der Waals surface area contributed by atoms with Crippen LogP contribution in [0.1, 0.15) is 23.7 Å². The van der Waals surface area contributed by atoms with Gasteiger partial charge in [-0.3, -0.25) is 4.57 Å². The average molecular weight is 257 g/mol. The summed E-state index contributed by atoms with van der Waals surface area (Å²) in [7, 11) is 0. The van der Waals surface area contributed by atoms with E-state index in [2.05, 4.69) is 10.2 Å². The molecule has 0 fully saturated rings. The van der Waals surface area contributed by atoms with Gasteiger partial charge in [-0.2, -0.15) is 0 Å². The van der Waals surface area contributed by atoms with Gasteiger partial charge < -0.3 is 4.74 Å². The Morgan fingerprint density at radius 1 is 1.21 bits per heavy atom. The molecule has 0 radical (unpaired) electrons. The Kier molecular flexibility index (Phi) is 4.44. The Bertz CT molecular complexity index is 545. The highest BCUT2D eigenvalue weighted by molar-refractivity contribution is 5.89. The van der Waals surface area contributed by atoms with Gasteiger partial charge in [-0.15, -0.1) is 10.2 Å². The zero-order valence-corrected chi connectivity index (χ0v) is 10.7. The predicted molar refractivity (Wildman–Crippen MR) is 71.1 cm³/mol. The number of ether oxygens (including phenoxy) is 1. The van der Waals surface area contributed by atoms with E-state index in [0.29, 0.717) is 12.2 Å². The molecular weight excluding hydrogens is 242 g/mol. The van der Waals surface area contributed by atoms with Crippen LogP contribution in [0.25, 0.3) is 5.69 Å². The van der Waals surface area contributed by atoms with Crippen LogP contribution < -0.4 is 0 Å². The van der Waals surface area contributed by atoms with E-state index >= 15 is 0 Å². The molecule has 98 valence electrons. The van der Waals surface area contributed by atoms with Crippen LogP contribution >= 0.6 is 0 Å². The van der Waals surface area contributed by atoms with Crippen LogP contribution in [0.2, 0.25) is 0 Å². The molecule has 0 aliphatic rings. The van der Waals surface area contributed by atoms with Gasteiger partial charge in [0.05, 0.1) is 5.56 Å². The highest BCUT2D eigenvalue weighted by Gasteiger charge is 2.06. The number of aromatic nitrogens is 3. The van der Waals surface area contributed by atoms with Gasteiger partial charge in [-0.1, -0.05) is 19.1 Å². The third kappa shape index (κ3) is 3.51. The third-order valence-corrected chi connectivity index (χ3v) is 2.53. The Balaban J connectivity index is 1.98. The van der Waals surface area contributed by atoms with Gasteiger partial charge in [-0.05, 0) is 30.7 Å². The lowest BCUT2D eigenvalue weighted by Gasteiger charge is -2.04. The molecule has 0 saturated carbocycles. The molecule has 5 nitrogen and oxygen atoms in total. The Hall–Kier alpha value is -2.43. The Morgan fingerprint density at radius 2 is 1.89 bits per heavy atom. The number of benzene rings is 1. The number of allylic oxidation sites excluding steroid dienone is 1. The standard InChI is InChI=1S/C14H15N3O2/c1-2-3-4-9-19-14(18)12-5-7-13(8-6-12)17-10-15-16-11-17/h3-8,10-11H,2,9H2,1H3/b4-3+. The molecule has 0 aliphatic heterocycles.